The number of hydrogen-bond acceptors (Lipinski definition) is 8. The quantitative estimate of drug-likeness (QED) is 0.177. The van der Waals surface area contributed by atoms with Crippen LogP contribution in [-0.2, 0) is 29.5 Å². The lowest BCUT2D eigenvalue weighted by atomic mass is 10.2. The van der Waals surface area contributed by atoms with Gasteiger partial charge >= 0.3 is 0 Å². The van der Waals surface area contributed by atoms with Crippen molar-refractivity contribution in [2.45, 2.75) is 64.5 Å². The molecule has 2 aromatic carbocycles. The fourth-order valence-corrected chi connectivity index (χ4v) is 8.97. The molecule has 0 unspecified atom stereocenters. The van der Waals surface area contributed by atoms with Crippen molar-refractivity contribution in [2.24, 2.45) is 0 Å². The van der Waals surface area contributed by atoms with Gasteiger partial charge in [-0.05, 0) is 76.6 Å². The van der Waals surface area contributed by atoms with Crippen LogP contribution in [0.25, 0.3) is 0 Å². The summed E-state index contributed by atoms with van der Waals surface area (Å²) in [5, 5.41) is 0. The molecule has 2 saturated heterocycles. The van der Waals surface area contributed by atoms with Gasteiger partial charge in [0.25, 0.3) is 0 Å². The molecule has 0 aromatic heterocycles. The molecule has 2 heterocycles. The lowest BCUT2D eigenvalue weighted by Crippen LogP contribution is -2.41. The Kier molecular flexibility index (Phi) is 12.7. The molecule has 2 aliphatic heterocycles. The van der Waals surface area contributed by atoms with Crippen molar-refractivity contribution in [2.75, 3.05) is 57.8 Å². The fourth-order valence-electron chi connectivity index (χ4n) is 5.48. The van der Waals surface area contributed by atoms with Crippen LogP contribution in [-0.4, -0.2) is 95.3 Å². The smallest absolute Gasteiger partial charge is 0.214 e. The minimum atomic E-state index is -3.43. The van der Waals surface area contributed by atoms with Crippen LogP contribution in [0.4, 0.5) is 0 Å². The summed E-state index contributed by atoms with van der Waals surface area (Å²) < 4.78 is 77.8. The van der Waals surface area contributed by atoms with Gasteiger partial charge in [0, 0.05) is 25.2 Å². The van der Waals surface area contributed by atoms with Crippen molar-refractivity contribution in [3.8, 4) is 11.5 Å². The maximum absolute atomic E-state index is 13.0. The number of benzene rings is 2. The van der Waals surface area contributed by atoms with Crippen molar-refractivity contribution in [1.29, 1.82) is 0 Å². The summed E-state index contributed by atoms with van der Waals surface area (Å²) in [5.41, 5.74) is 2.28. The normalized spacial score (nSPS) is 20.0. The first-order valence-electron chi connectivity index (χ1n) is 15.2. The SMILES string of the molecule is Cc1ccc(OCCCS(=O)(=O)N2CCC[C@H]2COCOC[C@@H]2CCCN2S(=O)(=O)CCCOc2ccc(C)cc2)cc1. The lowest BCUT2D eigenvalue weighted by Gasteiger charge is -2.25. The van der Waals surface area contributed by atoms with Gasteiger partial charge in [-0.1, -0.05) is 35.4 Å². The van der Waals surface area contributed by atoms with E-state index in [4.69, 9.17) is 18.9 Å². The first-order chi connectivity index (χ1) is 20.6. The summed E-state index contributed by atoms with van der Waals surface area (Å²) in [5.74, 6) is 1.51. The first-order valence-corrected chi connectivity index (χ1v) is 18.4. The molecule has 43 heavy (non-hydrogen) atoms. The Hall–Kier alpha value is -2.22. The first kappa shape index (κ1) is 33.7. The Bertz CT molecular complexity index is 1230. The molecule has 0 spiro atoms. The fraction of sp³-hybridized carbons (Fsp3) is 0.613. The molecule has 0 aliphatic carbocycles. The van der Waals surface area contributed by atoms with E-state index in [1.165, 1.54) is 0 Å². The summed E-state index contributed by atoms with van der Waals surface area (Å²) in [4.78, 5) is 0. The van der Waals surface area contributed by atoms with Crippen LogP contribution in [0, 0.1) is 13.8 Å². The second-order valence-corrected chi connectivity index (χ2v) is 15.4. The monoisotopic (exact) mass is 638 g/mol. The lowest BCUT2D eigenvalue weighted by molar-refractivity contribution is -0.0707. The average Bonchev–Trinajstić information content (AvgIpc) is 3.66. The van der Waals surface area contributed by atoms with Crippen LogP contribution >= 0.6 is 0 Å². The van der Waals surface area contributed by atoms with E-state index in [0.29, 0.717) is 39.1 Å². The van der Waals surface area contributed by atoms with Crippen LogP contribution in [0.1, 0.15) is 49.7 Å². The zero-order valence-corrected chi connectivity index (χ0v) is 27.0. The molecule has 12 heteroatoms. The second kappa shape index (κ2) is 16.2. The van der Waals surface area contributed by atoms with E-state index in [0.717, 1.165) is 48.3 Å². The van der Waals surface area contributed by atoms with E-state index in [2.05, 4.69) is 0 Å². The zero-order chi connectivity index (χ0) is 30.7. The van der Waals surface area contributed by atoms with Gasteiger partial charge in [0.2, 0.25) is 20.0 Å². The van der Waals surface area contributed by atoms with Crippen molar-refractivity contribution >= 4 is 20.0 Å². The van der Waals surface area contributed by atoms with Crippen LogP contribution in [0.15, 0.2) is 48.5 Å². The van der Waals surface area contributed by atoms with Gasteiger partial charge < -0.3 is 18.9 Å². The van der Waals surface area contributed by atoms with Gasteiger partial charge in [-0.25, -0.2) is 16.8 Å². The third-order valence-electron chi connectivity index (χ3n) is 7.82. The van der Waals surface area contributed by atoms with Crippen molar-refractivity contribution in [1.82, 2.24) is 8.61 Å². The molecular weight excluding hydrogens is 592 g/mol. The molecule has 2 fully saturated rings. The number of nitrogens with zero attached hydrogens (tertiary/aromatic N) is 2. The Morgan fingerprint density at radius 2 is 1.05 bits per heavy atom. The van der Waals surface area contributed by atoms with E-state index in [1.54, 1.807) is 8.61 Å². The average molecular weight is 639 g/mol. The molecule has 0 radical (unpaired) electrons. The van der Waals surface area contributed by atoms with Gasteiger partial charge in [-0.3, -0.25) is 0 Å². The summed E-state index contributed by atoms with van der Waals surface area (Å²) in [6.45, 7) is 6.12. The molecule has 0 saturated carbocycles. The summed E-state index contributed by atoms with van der Waals surface area (Å²) >= 11 is 0. The maximum atomic E-state index is 13.0. The topological polar surface area (TPSA) is 112 Å². The number of hydrogen-bond donors (Lipinski definition) is 0. The molecule has 10 nitrogen and oxygen atoms in total. The van der Waals surface area contributed by atoms with E-state index in [-0.39, 0.29) is 43.6 Å². The van der Waals surface area contributed by atoms with Gasteiger partial charge in [0.15, 0.2) is 0 Å². The van der Waals surface area contributed by atoms with Gasteiger partial charge in [-0.2, -0.15) is 8.61 Å². The van der Waals surface area contributed by atoms with E-state index >= 15 is 0 Å². The molecule has 2 atom stereocenters. The highest BCUT2D eigenvalue weighted by molar-refractivity contribution is 7.89. The van der Waals surface area contributed by atoms with E-state index in [9.17, 15) is 16.8 Å². The van der Waals surface area contributed by atoms with Crippen molar-refractivity contribution in [3.05, 3.63) is 59.7 Å². The highest BCUT2D eigenvalue weighted by atomic mass is 32.2. The number of aryl methyl sites for hydroxylation is 2. The van der Waals surface area contributed by atoms with Crippen molar-refractivity contribution in [3.63, 3.8) is 0 Å². The molecule has 2 aliphatic rings. The molecule has 0 N–H and O–H groups in total. The minimum absolute atomic E-state index is 0.0104. The van der Waals surface area contributed by atoms with Crippen LogP contribution in [0.2, 0.25) is 0 Å². The number of rotatable bonds is 18. The largest absolute Gasteiger partial charge is 0.494 e. The van der Waals surface area contributed by atoms with Gasteiger partial charge in [0.1, 0.15) is 18.3 Å². The summed E-state index contributed by atoms with van der Waals surface area (Å²) in [6.07, 6.45) is 3.87. The third kappa shape index (κ3) is 10.4. The van der Waals surface area contributed by atoms with E-state index in [1.807, 2.05) is 62.4 Å². The summed E-state index contributed by atoms with van der Waals surface area (Å²) in [7, 11) is -6.85. The Labute approximate surface area is 257 Å². The van der Waals surface area contributed by atoms with Crippen LogP contribution in [0.3, 0.4) is 0 Å². The molecule has 4 rings (SSSR count). The number of sulfonamides is 2. The number of ether oxygens (including phenoxy) is 4. The highest BCUT2D eigenvalue weighted by Crippen LogP contribution is 2.24. The minimum Gasteiger partial charge on any atom is -0.494 e. The standard InChI is InChI=1S/C31H46N2O8S2/c1-26-9-13-30(14-10-26)40-19-5-21-42(34,35)32-17-3-7-28(32)23-38-25-39-24-29-8-4-18-33(29)43(36,37)22-6-20-41-31-15-11-27(2)12-16-31/h9-16,28-29H,3-8,17-25H2,1-2H3/t28-,29-/m0/s1. The second-order valence-electron chi connectivity index (χ2n) is 11.3. The van der Waals surface area contributed by atoms with Crippen LogP contribution in [0.5, 0.6) is 11.5 Å². The van der Waals surface area contributed by atoms with Crippen molar-refractivity contribution < 1.29 is 35.8 Å². The molecule has 240 valence electrons. The summed E-state index contributed by atoms with van der Waals surface area (Å²) in [6, 6.07) is 14.9. The Morgan fingerprint density at radius 1 is 0.651 bits per heavy atom. The van der Waals surface area contributed by atoms with Crippen LogP contribution < -0.4 is 9.47 Å². The molecule has 2 aromatic rings. The predicted molar refractivity (Wildman–Crippen MR) is 166 cm³/mol. The molecular formula is C31H46N2O8S2. The molecule has 0 amide bonds. The zero-order valence-electron chi connectivity index (χ0n) is 25.4. The third-order valence-corrected chi connectivity index (χ3v) is 11.8. The highest BCUT2D eigenvalue weighted by Gasteiger charge is 2.35. The van der Waals surface area contributed by atoms with Gasteiger partial charge in [0.05, 0.1) is 37.9 Å². The predicted octanol–water partition coefficient (Wildman–Crippen LogP) is 4.12. The van der Waals surface area contributed by atoms with Gasteiger partial charge in [-0.15, -0.1) is 0 Å². The Balaban J connectivity index is 1.12. The Morgan fingerprint density at radius 3 is 1.44 bits per heavy atom. The molecule has 0 bridgehead atoms. The van der Waals surface area contributed by atoms with E-state index < -0.39 is 20.0 Å². The maximum Gasteiger partial charge on any atom is 0.214 e.